The molecule has 1 amide bonds. The summed E-state index contributed by atoms with van der Waals surface area (Å²) in [7, 11) is 0. The number of likely N-dealkylation sites (tertiary alicyclic amines) is 1. The standard InChI is InChI=1S/C19H30N2O2/c1-16-6-17(2)8-18(7-16,11-19(23,9-16)10-17)14(20)15(22)21-4-3-12-5-13(12)21/h12-14,23H,3-11,20H2,1-2H3/t12-,13+,14-,16-,17+,18?,19?/m1/s1. The van der Waals surface area contributed by atoms with Crippen LogP contribution in [0.3, 0.4) is 0 Å². The van der Waals surface area contributed by atoms with Crippen molar-refractivity contribution in [1.29, 1.82) is 0 Å². The van der Waals surface area contributed by atoms with E-state index in [-0.39, 0.29) is 22.2 Å². The second-order valence-corrected chi connectivity index (χ2v) is 10.6. The fourth-order valence-electron chi connectivity index (χ4n) is 8.16. The lowest BCUT2D eigenvalue weighted by Crippen LogP contribution is -2.68. The summed E-state index contributed by atoms with van der Waals surface area (Å²) in [6, 6.07) is 0.0599. The number of hydrogen-bond donors (Lipinski definition) is 2. The highest BCUT2D eigenvalue weighted by atomic mass is 16.3. The Morgan fingerprint density at radius 2 is 1.78 bits per heavy atom. The molecule has 0 aromatic rings. The molecule has 4 bridgehead atoms. The number of nitrogens with two attached hydrogens (primary N) is 1. The number of carbonyl (C=O) groups is 1. The van der Waals surface area contributed by atoms with Gasteiger partial charge in [-0.25, -0.2) is 0 Å². The molecule has 6 fully saturated rings. The van der Waals surface area contributed by atoms with Crippen molar-refractivity contribution in [2.24, 2.45) is 27.9 Å². The average molecular weight is 318 g/mol. The third kappa shape index (κ3) is 1.94. The van der Waals surface area contributed by atoms with E-state index in [0.717, 1.165) is 51.0 Å². The van der Waals surface area contributed by atoms with Crippen LogP contribution in [0, 0.1) is 22.2 Å². The summed E-state index contributed by atoms with van der Waals surface area (Å²) in [5, 5.41) is 11.2. The van der Waals surface area contributed by atoms with Crippen LogP contribution in [0.2, 0.25) is 0 Å². The summed E-state index contributed by atoms with van der Waals surface area (Å²) in [6.45, 7) is 5.52. The van der Waals surface area contributed by atoms with Crippen LogP contribution in [-0.2, 0) is 4.79 Å². The number of amides is 1. The topological polar surface area (TPSA) is 66.6 Å². The van der Waals surface area contributed by atoms with Gasteiger partial charge in [-0.05, 0) is 73.5 Å². The Morgan fingerprint density at radius 1 is 1.13 bits per heavy atom. The van der Waals surface area contributed by atoms with E-state index >= 15 is 0 Å². The number of fused-ring (bicyclic) bond motifs is 1. The Morgan fingerprint density at radius 3 is 2.26 bits per heavy atom. The van der Waals surface area contributed by atoms with Crippen molar-refractivity contribution in [3.8, 4) is 0 Å². The van der Waals surface area contributed by atoms with Crippen LogP contribution in [0.1, 0.15) is 65.2 Å². The molecule has 6 aliphatic rings. The van der Waals surface area contributed by atoms with Crippen LogP contribution in [0.4, 0.5) is 0 Å². The van der Waals surface area contributed by atoms with E-state index in [2.05, 4.69) is 18.7 Å². The first-order valence-corrected chi connectivity index (χ1v) is 9.44. The van der Waals surface area contributed by atoms with E-state index < -0.39 is 11.6 Å². The van der Waals surface area contributed by atoms with E-state index in [4.69, 9.17) is 5.73 Å². The second kappa shape index (κ2) is 3.96. The summed E-state index contributed by atoms with van der Waals surface area (Å²) in [5.74, 6) is 0.925. The quantitative estimate of drug-likeness (QED) is 0.819. The van der Waals surface area contributed by atoms with E-state index in [9.17, 15) is 9.90 Å². The summed E-state index contributed by atoms with van der Waals surface area (Å²) in [4.78, 5) is 15.2. The molecule has 0 radical (unpaired) electrons. The predicted octanol–water partition coefficient (Wildman–Crippen LogP) is 2.05. The van der Waals surface area contributed by atoms with Crippen molar-refractivity contribution in [3.05, 3.63) is 0 Å². The van der Waals surface area contributed by atoms with Crippen molar-refractivity contribution in [1.82, 2.24) is 4.90 Å². The minimum atomic E-state index is -0.594. The SMILES string of the molecule is C[C@]12CC3(O)CC([C@H](N)C(=O)N4CC[C@@H]5C[C@@H]54)(C1)C[C@@](C)(C3)C2. The Labute approximate surface area is 138 Å². The zero-order chi connectivity index (χ0) is 16.3. The van der Waals surface area contributed by atoms with Gasteiger partial charge in [0.05, 0.1) is 11.6 Å². The molecule has 1 saturated heterocycles. The number of hydrogen-bond acceptors (Lipinski definition) is 3. The predicted molar refractivity (Wildman–Crippen MR) is 87.5 cm³/mol. The molecule has 0 aromatic carbocycles. The van der Waals surface area contributed by atoms with Crippen LogP contribution in [0.15, 0.2) is 0 Å². The minimum Gasteiger partial charge on any atom is -0.390 e. The fourth-order valence-corrected chi connectivity index (χ4v) is 8.16. The Balaban J connectivity index is 1.48. The lowest BCUT2D eigenvalue weighted by molar-refractivity contribution is -0.230. The Hall–Kier alpha value is -0.610. The third-order valence-corrected chi connectivity index (χ3v) is 7.84. The van der Waals surface area contributed by atoms with E-state index in [1.807, 2.05) is 0 Å². The van der Waals surface area contributed by atoms with Gasteiger partial charge in [-0.2, -0.15) is 0 Å². The zero-order valence-corrected chi connectivity index (χ0v) is 14.5. The van der Waals surface area contributed by atoms with Gasteiger partial charge < -0.3 is 15.7 Å². The fraction of sp³-hybridized carbons (Fsp3) is 0.947. The van der Waals surface area contributed by atoms with E-state index in [0.29, 0.717) is 6.04 Å². The normalized spacial score (nSPS) is 57.5. The van der Waals surface area contributed by atoms with Crippen molar-refractivity contribution >= 4 is 5.91 Å². The molecule has 6 rings (SSSR count). The molecule has 0 spiro atoms. The van der Waals surface area contributed by atoms with Gasteiger partial charge in [-0.1, -0.05) is 13.8 Å². The van der Waals surface area contributed by atoms with Gasteiger partial charge >= 0.3 is 0 Å². The molecule has 4 nitrogen and oxygen atoms in total. The molecular formula is C19H30N2O2. The lowest BCUT2D eigenvalue weighted by atomic mass is 9.38. The highest BCUT2D eigenvalue weighted by Gasteiger charge is 2.68. The van der Waals surface area contributed by atoms with Crippen molar-refractivity contribution in [2.75, 3.05) is 6.54 Å². The first-order valence-electron chi connectivity index (χ1n) is 9.44. The van der Waals surface area contributed by atoms with Gasteiger partial charge in [-0.15, -0.1) is 0 Å². The minimum absolute atomic E-state index is 0.156. The molecule has 23 heavy (non-hydrogen) atoms. The van der Waals surface area contributed by atoms with E-state index in [1.165, 1.54) is 12.8 Å². The molecular weight excluding hydrogens is 288 g/mol. The highest BCUT2D eigenvalue weighted by Crippen LogP contribution is 2.71. The molecule has 3 N–H and O–H groups in total. The maximum absolute atomic E-state index is 13.1. The van der Waals surface area contributed by atoms with Crippen LogP contribution in [0.5, 0.6) is 0 Å². The summed E-state index contributed by atoms with van der Waals surface area (Å²) >= 11 is 0. The molecule has 2 unspecified atom stereocenters. The molecule has 1 aliphatic heterocycles. The van der Waals surface area contributed by atoms with Gasteiger partial charge in [0.15, 0.2) is 0 Å². The van der Waals surface area contributed by atoms with Crippen LogP contribution < -0.4 is 5.73 Å². The van der Waals surface area contributed by atoms with Gasteiger partial charge in [0, 0.05) is 12.6 Å². The van der Waals surface area contributed by atoms with Crippen LogP contribution in [0.25, 0.3) is 0 Å². The Kier molecular flexibility index (Phi) is 2.53. The molecule has 1 heterocycles. The number of piperidine rings is 1. The second-order valence-electron chi connectivity index (χ2n) is 10.6. The summed E-state index contributed by atoms with van der Waals surface area (Å²) < 4.78 is 0. The molecule has 4 heteroatoms. The highest BCUT2D eigenvalue weighted by molar-refractivity contribution is 5.84. The van der Waals surface area contributed by atoms with Crippen LogP contribution in [-0.4, -0.2) is 40.1 Å². The first kappa shape index (κ1) is 14.7. The third-order valence-electron chi connectivity index (χ3n) is 7.84. The van der Waals surface area contributed by atoms with E-state index in [1.54, 1.807) is 0 Å². The summed E-state index contributed by atoms with van der Waals surface area (Å²) in [6.07, 6.45) is 8.10. The van der Waals surface area contributed by atoms with Crippen molar-refractivity contribution in [3.63, 3.8) is 0 Å². The van der Waals surface area contributed by atoms with Crippen LogP contribution >= 0.6 is 0 Å². The lowest BCUT2D eigenvalue weighted by Gasteiger charge is -2.69. The molecule has 5 saturated carbocycles. The zero-order valence-electron chi connectivity index (χ0n) is 14.5. The van der Waals surface area contributed by atoms with Crippen molar-refractivity contribution < 1.29 is 9.90 Å². The largest absolute Gasteiger partial charge is 0.390 e. The molecule has 128 valence electrons. The van der Waals surface area contributed by atoms with Gasteiger partial charge in [-0.3, -0.25) is 4.79 Å². The smallest absolute Gasteiger partial charge is 0.240 e. The number of carbonyl (C=O) groups excluding carboxylic acids is 1. The monoisotopic (exact) mass is 318 g/mol. The summed E-state index contributed by atoms with van der Waals surface area (Å²) in [5.41, 5.74) is 6.19. The molecule has 5 aliphatic carbocycles. The number of rotatable bonds is 2. The number of aliphatic hydroxyl groups is 1. The number of nitrogens with zero attached hydrogens (tertiary/aromatic N) is 1. The maximum Gasteiger partial charge on any atom is 0.240 e. The van der Waals surface area contributed by atoms with Gasteiger partial charge in [0.1, 0.15) is 0 Å². The first-order chi connectivity index (χ1) is 10.7. The molecule has 7 atom stereocenters. The van der Waals surface area contributed by atoms with Crippen molar-refractivity contribution in [2.45, 2.75) is 82.9 Å². The molecule has 0 aromatic heterocycles. The maximum atomic E-state index is 13.1. The van der Waals surface area contributed by atoms with Gasteiger partial charge in [0.25, 0.3) is 0 Å². The average Bonchev–Trinajstić information content (AvgIpc) is 3.03. The Bertz CT molecular complexity index is 534. The van der Waals surface area contributed by atoms with Gasteiger partial charge in [0.2, 0.25) is 5.91 Å².